The van der Waals surface area contributed by atoms with Gasteiger partial charge in [0.1, 0.15) is 0 Å². The van der Waals surface area contributed by atoms with Crippen LogP contribution in [0.1, 0.15) is 18.1 Å². The minimum atomic E-state index is 0.961. The number of nitrogens with zero attached hydrogens (tertiary/aromatic N) is 4. The van der Waals surface area contributed by atoms with E-state index in [1.54, 1.807) is 7.05 Å². The van der Waals surface area contributed by atoms with Gasteiger partial charge in [-0.1, -0.05) is 0 Å². The molecule has 0 aromatic heterocycles. The van der Waals surface area contributed by atoms with E-state index in [0.29, 0.717) is 0 Å². The second-order valence-electron chi connectivity index (χ2n) is 5.08. The summed E-state index contributed by atoms with van der Waals surface area (Å²) in [6, 6.07) is 4.26. The van der Waals surface area contributed by atoms with E-state index in [2.05, 4.69) is 55.1 Å². The lowest BCUT2D eigenvalue weighted by Gasteiger charge is -2.20. The van der Waals surface area contributed by atoms with Gasteiger partial charge in [-0.3, -0.25) is 0 Å². The van der Waals surface area contributed by atoms with Crippen molar-refractivity contribution in [2.24, 2.45) is 10.2 Å². The maximum Gasteiger partial charge on any atom is 0.0885 e. The molecular weight excluding hydrogens is 236 g/mol. The molecule has 108 valence electrons. The summed E-state index contributed by atoms with van der Waals surface area (Å²) in [7, 11) is 9.80. The largest absolute Gasteiger partial charge is 0.375 e. The van der Waals surface area contributed by atoms with Crippen molar-refractivity contribution >= 4 is 11.4 Å². The van der Waals surface area contributed by atoms with E-state index >= 15 is 0 Å². The van der Waals surface area contributed by atoms with E-state index in [-0.39, 0.29) is 0 Å². The SMILES string of the molecule is CCN(C)c1cc(C)c(N=NC)cc1C.CN(C)C. The van der Waals surface area contributed by atoms with Crippen molar-refractivity contribution in [1.29, 1.82) is 0 Å². The molecule has 0 bridgehead atoms. The summed E-state index contributed by atoms with van der Waals surface area (Å²) in [4.78, 5) is 4.23. The van der Waals surface area contributed by atoms with Crippen LogP contribution in [0.2, 0.25) is 0 Å². The Labute approximate surface area is 118 Å². The lowest BCUT2D eigenvalue weighted by molar-refractivity contribution is 0.505. The van der Waals surface area contributed by atoms with Gasteiger partial charge < -0.3 is 9.80 Å². The van der Waals surface area contributed by atoms with Gasteiger partial charge in [0.25, 0.3) is 0 Å². The van der Waals surface area contributed by atoms with Crippen LogP contribution in [-0.2, 0) is 0 Å². The van der Waals surface area contributed by atoms with E-state index in [1.807, 2.05) is 26.0 Å². The summed E-state index contributed by atoms with van der Waals surface area (Å²) in [6.45, 7) is 7.33. The number of azo groups is 1. The molecule has 4 heteroatoms. The minimum absolute atomic E-state index is 0.961. The van der Waals surface area contributed by atoms with Gasteiger partial charge in [-0.05, 0) is 65.2 Å². The Bertz CT molecular complexity index is 408. The van der Waals surface area contributed by atoms with Crippen molar-refractivity contribution < 1.29 is 0 Å². The van der Waals surface area contributed by atoms with Crippen molar-refractivity contribution in [3.63, 3.8) is 0 Å². The highest BCUT2D eigenvalue weighted by Crippen LogP contribution is 2.28. The van der Waals surface area contributed by atoms with E-state index in [9.17, 15) is 0 Å². The van der Waals surface area contributed by atoms with Crippen LogP contribution in [0.5, 0.6) is 0 Å². The van der Waals surface area contributed by atoms with Crippen LogP contribution in [0.4, 0.5) is 11.4 Å². The van der Waals surface area contributed by atoms with Crippen molar-refractivity contribution in [2.45, 2.75) is 20.8 Å². The van der Waals surface area contributed by atoms with Gasteiger partial charge >= 0.3 is 0 Å². The normalized spacial score (nSPS) is 10.6. The van der Waals surface area contributed by atoms with Crippen LogP contribution in [0, 0.1) is 13.8 Å². The lowest BCUT2D eigenvalue weighted by Crippen LogP contribution is -2.16. The van der Waals surface area contributed by atoms with Gasteiger partial charge in [-0.15, -0.1) is 0 Å². The zero-order chi connectivity index (χ0) is 15.0. The van der Waals surface area contributed by atoms with E-state index in [1.165, 1.54) is 16.8 Å². The van der Waals surface area contributed by atoms with Crippen molar-refractivity contribution in [3.8, 4) is 0 Å². The average Bonchev–Trinajstić information content (AvgIpc) is 2.32. The Kier molecular flexibility index (Phi) is 8.00. The van der Waals surface area contributed by atoms with Crippen LogP contribution in [0.25, 0.3) is 0 Å². The maximum absolute atomic E-state index is 4.10. The predicted octanol–water partition coefficient (Wildman–Crippen LogP) is 3.65. The summed E-state index contributed by atoms with van der Waals surface area (Å²) in [6.07, 6.45) is 0. The quantitative estimate of drug-likeness (QED) is 0.780. The molecule has 0 atom stereocenters. The first-order chi connectivity index (χ1) is 8.83. The van der Waals surface area contributed by atoms with Crippen LogP contribution in [-0.4, -0.2) is 46.7 Å². The second-order valence-corrected chi connectivity index (χ2v) is 5.08. The summed E-state index contributed by atoms with van der Waals surface area (Å²) in [5.74, 6) is 0. The smallest absolute Gasteiger partial charge is 0.0885 e. The molecule has 1 rings (SSSR count). The van der Waals surface area contributed by atoms with Crippen LogP contribution >= 0.6 is 0 Å². The molecule has 0 amide bonds. The molecule has 1 aromatic rings. The highest BCUT2D eigenvalue weighted by Gasteiger charge is 2.06. The minimum Gasteiger partial charge on any atom is -0.375 e. The van der Waals surface area contributed by atoms with Crippen LogP contribution in [0.3, 0.4) is 0 Å². The molecule has 0 unspecified atom stereocenters. The fourth-order valence-electron chi connectivity index (χ4n) is 1.58. The standard InChI is InChI=1S/C12H19N3.C3H9N/c1-6-15(5)12-8-9(2)11(14-13-4)7-10(12)3;1-4(2)3/h7-8H,6H2,1-5H3;1-3H3. The Morgan fingerprint density at radius 3 is 1.95 bits per heavy atom. The molecule has 0 fully saturated rings. The fraction of sp³-hybridized carbons (Fsp3) is 0.600. The van der Waals surface area contributed by atoms with Gasteiger partial charge in [-0.2, -0.15) is 10.2 Å². The molecule has 0 aliphatic carbocycles. The van der Waals surface area contributed by atoms with E-state index in [0.717, 1.165) is 12.2 Å². The summed E-state index contributed by atoms with van der Waals surface area (Å²) >= 11 is 0. The first-order valence-electron chi connectivity index (χ1n) is 6.56. The van der Waals surface area contributed by atoms with Crippen molar-refractivity contribution in [1.82, 2.24) is 4.90 Å². The lowest BCUT2D eigenvalue weighted by atomic mass is 10.1. The fourth-order valence-corrected chi connectivity index (χ4v) is 1.58. The monoisotopic (exact) mass is 264 g/mol. The van der Waals surface area contributed by atoms with Gasteiger partial charge in [0.2, 0.25) is 0 Å². The third-order valence-electron chi connectivity index (χ3n) is 2.61. The number of hydrogen-bond acceptors (Lipinski definition) is 4. The first kappa shape index (κ1) is 17.6. The summed E-state index contributed by atoms with van der Waals surface area (Å²) < 4.78 is 0. The Morgan fingerprint density at radius 2 is 1.53 bits per heavy atom. The molecule has 1 aromatic carbocycles. The molecule has 0 radical (unpaired) electrons. The molecule has 0 aliphatic heterocycles. The van der Waals surface area contributed by atoms with E-state index in [4.69, 9.17) is 0 Å². The topological polar surface area (TPSA) is 31.2 Å². The molecule has 0 heterocycles. The highest BCUT2D eigenvalue weighted by atomic mass is 15.1. The Hall–Kier alpha value is -1.42. The zero-order valence-corrected chi connectivity index (χ0v) is 13.7. The van der Waals surface area contributed by atoms with E-state index < -0.39 is 0 Å². The number of hydrogen-bond donors (Lipinski definition) is 0. The Morgan fingerprint density at radius 1 is 1.00 bits per heavy atom. The summed E-state index contributed by atoms with van der Waals surface area (Å²) in [5.41, 5.74) is 4.64. The molecule has 0 saturated carbocycles. The predicted molar refractivity (Wildman–Crippen MR) is 84.9 cm³/mol. The summed E-state index contributed by atoms with van der Waals surface area (Å²) in [5, 5.41) is 7.91. The number of benzene rings is 1. The highest BCUT2D eigenvalue weighted by molar-refractivity contribution is 5.62. The Balaban J connectivity index is 0.000000711. The molecule has 4 nitrogen and oxygen atoms in total. The first-order valence-corrected chi connectivity index (χ1v) is 6.56. The molecule has 0 aliphatic rings. The maximum atomic E-state index is 4.10. The third kappa shape index (κ3) is 6.34. The molecule has 19 heavy (non-hydrogen) atoms. The van der Waals surface area contributed by atoms with Crippen LogP contribution in [0.15, 0.2) is 22.4 Å². The van der Waals surface area contributed by atoms with Crippen molar-refractivity contribution in [3.05, 3.63) is 23.3 Å². The van der Waals surface area contributed by atoms with Crippen molar-refractivity contribution in [2.75, 3.05) is 46.7 Å². The number of anilines is 1. The van der Waals surface area contributed by atoms with Gasteiger partial charge in [0.05, 0.1) is 5.69 Å². The van der Waals surface area contributed by atoms with Crippen LogP contribution < -0.4 is 4.90 Å². The molecule has 0 saturated heterocycles. The number of rotatable bonds is 3. The zero-order valence-electron chi connectivity index (χ0n) is 13.7. The molecule has 0 N–H and O–H groups in total. The van der Waals surface area contributed by atoms with Gasteiger partial charge in [-0.25, -0.2) is 0 Å². The molecule has 0 spiro atoms. The molecular formula is C15H28N4. The van der Waals surface area contributed by atoms with Gasteiger partial charge in [0, 0.05) is 26.3 Å². The number of aryl methyl sites for hydroxylation is 2. The average molecular weight is 264 g/mol. The second kappa shape index (κ2) is 8.64. The third-order valence-corrected chi connectivity index (χ3v) is 2.61. The van der Waals surface area contributed by atoms with Gasteiger partial charge in [0.15, 0.2) is 0 Å².